The molecular formula is C20H18F3N3O5. The number of carbonyl (C=O) groups is 3. The molecule has 3 heterocycles. The summed E-state index contributed by atoms with van der Waals surface area (Å²) in [6.07, 6.45) is -0.0788. The summed E-state index contributed by atoms with van der Waals surface area (Å²) in [5.74, 6) is -5.96. The molecule has 0 saturated carbocycles. The minimum Gasteiger partial charge on any atom is -0.507 e. The predicted octanol–water partition coefficient (Wildman–Crippen LogP) is 0.624. The average molecular weight is 437 g/mol. The zero-order valence-electron chi connectivity index (χ0n) is 16.1. The van der Waals surface area contributed by atoms with E-state index in [9.17, 15) is 37.8 Å². The fourth-order valence-corrected chi connectivity index (χ4v) is 3.96. The van der Waals surface area contributed by atoms with Gasteiger partial charge in [-0.15, -0.1) is 0 Å². The number of aliphatic hydroxyl groups excluding tert-OH is 2. The van der Waals surface area contributed by atoms with Gasteiger partial charge in [-0.05, 0) is 6.42 Å². The molecule has 0 aliphatic carbocycles. The van der Waals surface area contributed by atoms with E-state index in [2.05, 4.69) is 5.32 Å². The van der Waals surface area contributed by atoms with Crippen LogP contribution in [0.5, 0.6) is 0 Å². The predicted molar refractivity (Wildman–Crippen MR) is 98.4 cm³/mol. The Hall–Kier alpha value is -3.34. The van der Waals surface area contributed by atoms with Gasteiger partial charge in [0.05, 0.1) is 18.2 Å². The van der Waals surface area contributed by atoms with Crippen LogP contribution >= 0.6 is 0 Å². The van der Waals surface area contributed by atoms with Crippen LogP contribution in [0, 0.1) is 17.5 Å². The number of nitrogens with one attached hydrogen (secondary N) is 1. The minimum atomic E-state index is -1.85. The summed E-state index contributed by atoms with van der Waals surface area (Å²) in [6, 6.07) is 0.542. The van der Waals surface area contributed by atoms with Gasteiger partial charge in [0.2, 0.25) is 0 Å². The smallest absolute Gasteiger partial charge is 0.274 e. The fourth-order valence-electron chi connectivity index (χ4n) is 3.96. The number of Topliss-reactive ketones (excluding diaryl/α,β-unsaturated/α-hetero) is 1. The topological polar surface area (TPSA) is 110 Å². The monoisotopic (exact) mass is 437 g/mol. The van der Waals surface area contributed by atoms with Crippen molar-refractivity contribution >= 4 is 17.6 Å². The van der Waals surface area contributed by atoms with Gasteiger partial charge in [0.25, 0.3) is 11.8 Å². The molecule has 2 saturated heterocycles. The second-order valence-corrected chi connectivity index (χ2v) is 7.58. The van der Waals surface area contributed by atoms with Gasteiger partial charge in [-0.25, -0.2) is 13.2 Å². The SMILES string of the molecule is O=C1CC[C@H]2CN(C1)C(=O)C1=C(O)C(O)C(C(=O)NCc3c(F)cc(F)cc3F)=CN12. The molecule has 1 unspecified atom stereocenters. The molecular weight excluding hydrogens is 419 g/mol. The Labute approximate surface area is 174 Å². The summed E-state index contributed by atoms with van der Waals surface area (Å²) >= 11 is 0. The van der Waals surface area contributed by atoms with Gasteiger partial charge in [-0.3, -0.25) is 14.4 Å². The molecule has 1 aromatic rings. The maximum atomic E-state index is 13.8. The first-order valence-electron chi connectivity index (χ1n) is 9.51. The van der Waals surface area contributed by atoms with E-state index in [1.165, 1.54) is 16.0 Å². The highest BCUT2D eigenvalue weighted by Crippen LogP contribution is 2.34. The van der Waals surface area contributed by atoms with E-state index in [1.54, 1.807) is 0 Å². The number of halogens is 3. The van der Waals surface area contributed by atoms with Crippen LogP contribution in [-0.4, -0.2) is 62.8 Å². The van der Waals surface area contributed by atoms with Crippen molar-refractivity contribution in [1.29, 1.82) is 0 Å². The minimum absolute atomic E-state index is 0.0953. The van der Waals surface area contributed by atoms with Gasteiger partial charge >= 0.3 is 0 Å². The maximum Gasteiger partial charge on any atom is 0.274 e. The number of benzene rings is 1. The molecule has 164 valence electrons. The van der Waals surface area contributed by atoms with Crippen molar-refractivity contribution in [2.45, 2.75) is 31.5 Å². The molecule has 2 amide bonds. The second-order valence-electron chi connectivity index (χ2n) is 7.58. The van der Waals surface area contributed by atoms with Gasteiger partial charge in [-0.2, -0.15) is 0 Å². The van der Waals surface area contributed by atoms with Crippen molar-refractivity contribution in [3.05, 3.63) is 58.4 Å². The molecule has 11 heteroatoms. The lowest BCUT2D eigenvalue weighted by Gasteiger charge is -2.43. The molecule has 0 spiro atoms. The average Bonchev–Trinajstić information content (AvgIpc) is 2.87. The highest BCUT2D eigenvalue weighted by Gasteiger charge is 2.44. The lowest BCUT2D eigenvalue weighted by molar-refractivity contribution is -0.135. The summed E-state index contributed by atoms with van der Waals surface area (Å²) < 4.78 is 40.6. The molecule has 3 N–H and O–H groups in total. The lowest BCUT2D eigenvalue weighted by Crippen LogP contribution is -2.55. The summed E-state index contributed by atoms with van der Waals surface area (Å²) in [4.78, 5) is 39.8. The van der Waals surface area contributed by atoms with Crippen LogP contribution in [-0.2, 0) is 20.9 Å². The van der Waals surface area contributed by atoms with Crippen molar-refractivity contribution in [1.82, 2.24) is 15.1 Å². The number of aliphatic hydroxyl groups is 2. The number of hydrogen-bond acceptors (Lipinski definition) is 6. The third-order valence-electron chi connectivity index (χ3n) is 5.56. The van der Waals surface area contributed by atoms with Gasteiger partial charge in [0, 0.05) is 43.4 Å². The molecule has 0 aromatic heterocycles. The summed E-state index contributed by atoms with van der Waals surface area (Å²) in [7, 11) is 0. The maximum absolute atomic E-state index is 13.8. The van der Waals surface area contributed by atoms with Crippen LogP contribution in [0.25, 0.3) is 0 Å². The lowest BCUT2D eigenvalue weighted by atomic mass is 9.97. The van der Waals surface area contributed by atoms with Gasteiger partial charge < -0.3 is 25.3 Å². The first-order valence-corrected chi connectivity index (χ1v) is 9.51. The van der Waals surface area contributed by atoms with Gasteiger partial charge in [-0.1, -0.05) is 0 Å². The van der Waals surface area contributed by atoms with E-state index in [0.717, 1.165) is 0 Å². The van der Waals surface area contributed by atoms with Gasteiger partial charge in [0.15, 0.2) is 11.5 Å². The van der Waals surface area contributed by atoms with Crippen LogP contribution in [0.4, 0.5) is 13.2 Å². The van der Waals surface area contributed by atoms with E-state index < -0.39 is 59.3 Å². The first kappa shape index (κ1) is 20.9. The van der Waals surface area contributed by atoms with Crippen molar-refractivity contribution in [2.24, 2.45) is 0 Å². The number of carbonyl (C=O) groups excluding carboxylic acids is 3. The van der Waals surface area contributed by atoms with E-state index in [0.29, 0.717) is 18.6 Å². The Morgan fingerprint density at radius 3 is 2.55 bits per heavy atom. The van der Waals surface area contributed by atoms with Crippen LogP contribution in [0.1, 0.15) is 18.4 Å². The van der Waals surface area contributed by atoms with Crippen molar-refractivity contribution in [3.63, 3.8) is 0 Å². The molecule has 4 rings (SSSR count). The van der Waals surface area contributed by atoms with Crippen molar-refractivity contribution < 1.29 is 37.8 Å². The quantitative estimate of drug-likeness (QED) is 0.640. The Morgan fingerprint density at radius 1 is 1.19 bits per heavy atom. The Balaban J connectivity index is 1.59. The van der Waals surface area contributed by atoms with Crippen LogP contribution in [0.2, 0.25) is 0 Å². The van der Waals surface area contributed by atoms with Crippen molar-refractivity contribution in [3.8, 4) is 0 Å². The Morgan fingerprint density at radius 2 is 1.87 bits per heavy atom. The largest absolute Gasteiger partial charge is 0.507 e. The summed E-state index contributed by atoms with van der Waals surface area (Å²) in [6.45, 7) is -0.528. The molecule has 2 fully saturated rings. The zero-order chi connectivity index (χ0) is 22.4. The number of ketones is 1. The highest BCUT2D eigenvalue weighted by atomic mass is 19.1. The van der Waals surface area contributed by atoms with E-state index in [4.69, 9.17) is 0 Å². The Kier molecular flexibility index (Phi) is 5.21. The number of nitrogens with zero attached hydrogens (tertiary/aromatic N) is 2. The molecule has 0 radical (unpaired) electrons. The molecule has 3 aliphatic rings. The van der Waals surface area contributed by atoms with Crippen LogP contribution < -0.4 is 5.32 Å². The van der Waals surface area contributed by atoms with E-state index in [1.807, 2.05) is 0 Å². The van der Waals surface area contributed by atoms with E-state index in [-0.39, 0.29) is 36.6 Å². The third kappa shape index (κ3) is 3.65. The van der Waals surface area contributed by atoms with Crippen LogP contribution in [0.3, 0.4) is 0 Å². The number of rotatable bonds is 3. The van der Waals surface area contributed by atoms with E-state index >= 15 is 0 Å². The fraction of sp³-hybridized carbons (Fsp3) is 0.350. The number of hydrogen-bond donors (Lipinski definition) is 3. The van der Waals surface area contributed by atoms with Crippen molar-refractivity contribution in [2.75, 3.05) is 13.1 Å². The Bertz CT molecular complexity index is 1030. The molecule has 8 nitrogen and oxygen atoms in total. The first-order chi connectivity index (χ1) is 14.7. The number of fused-ring (bicyclic) bond motifs is 4. The number of amides is 2. The highest BCUT2D eigenvalue weighted by molar-refractivity contribution is 6.00. The normalized spacial score (nSPS) is 23.4. The number of piperazine rings is 1. The molecule has 31 heavy (non-hydrogen) atoms. The molecule has 2 atom stereocenters. The summed E-state index contributed by atoms with van der Waals surface area (Å²) in [5, 5.41) is 23.1. The standard InChI is InChI=1S/C20H18F3N3O5/c21-9-3-14(22)12(15(23)4-9)5-24-19(30)13-8-26-10-1-2-11(27)7-25(6-10)20(31)16(26)18(29)17(13)28/h3-4,8,10,17,28-29H,1-2,5-7H2,(H,24,30)/t10-,17?/m0/s1. The zero-order valence-corrected chi connectivity index (χ0v) is 16.1. The third-order valence-corrected chi connectivity index (χ3v) is 5.56. The van der Waals surface area contributed by atoms with Gasteiger partial charge in [0.1, 0.15) is 29.3 Å². The molecule has 3 aliphatic heterocycles. The molecule has 2 bridgehead atoms. The molecule has 1 aromatic carbocycles. The van der Waals surface area contributed by atoms with Crippen LogP contribution in [0.15, 0.2) is 35.4 Å². The second kappa shape index (κ2) is 7.73. The summed E-state index contributed by atoms with van der Waals surface area (Å²) in [5.41, 5.74) is -1.14.